The van der Waals surface area contributed by atoms with Gasteiger partial charge in [0.25, 0.3) is 0 Å². The largest absolute Gasteiger partial charge is 0.391 e. The first kappa shape index (κ1) is 14.0. The number of hydrogen-bond acceptors (Lipinski definition) is 5. The van der Waals surface area contributed by atoms with E-state index in [1.165, 1.54) is 0 Å². The maximum Gasteiger partial charge on any atom is 0.163 e. The second-order valence-corrected chi connectivity index (χ2v) is 4.50. The fourth-order valence-corrected chi connectivity index (χ4v) is 1.92. The Morgan fingerprint density at radius 1 is 1.37 bits per heavy atom. The van der Waals surface area contributed by atoms with Gasteiger partial charge in [0, 0.05) is 13.5 Å². The fourth-order valence-electron chi connectivity index (χ4n) is 1.92. The zero-order chi connectivity index (χ0) is 13.7. The van der Waals surface area contributed by atoms with Crippen LogP contribution in [-0.2, 0) is 20.9 Å². The molecule has 0 aliphatic carbocycles. The molecule has 0 amide bonds. The summed E-state index contributed by atoms with van der Waals surface area (Å²) in [6, 6.07) is 9.75. The Labute approximate surface area is 112 Å². The van der Waals surface area contributed by atoms with Crippen molar-refractivity contribution in [3.05, 3.63) is 35.9 Å². The summed E-state index contributed by atoms with van der Waals surface area (Å²) in [5.74, 6) is 0. The molecule has 5 heteroatoms. The van der Waals surface area contributed by atoms with E-state index < -0.39 is 6.10 Å². The van der Waals surface area contributed by atoms with Gasteiger partial charge in [-0.3, -0.25) is 0 Å². The smallest absolute Gasteiger partial charge is 0.163 e. The van der Waals surface area contributed by atoms with Gasteiger partial charge in [-0.05, 0) is 12.5 Å². The molecule has 1 aliphatic heterocycles. The molecule has 0 bridgehead atoms. The van der Waals surface area contributed by atoms with Crippen LogP contribution < -0.4 is 0 Å². The van der Waals surface area contributed by atoms with Gasteiger partial charge in [0.2, 0.25) is 0 Å². The molecule has 0 unspecified atom stereocenters. The van der Waals surface area contributed by atoms with Crippen LogP contribution in [0.2, 0.25) is 0 Å². The number of rotatable bonds is 4. The van der Waals surface area contributed by atoms with Crippen molar-refractivity contribution in [1.82, 2.24) is 0 Å². The number of hydrogen-bond donors (Lipinski definition) is 1. The van der Waals surface area contributed by atoms with Gasteiger partial charge >= 0.3 is 0 Å². The molecule has 1 aromatic rings. The zero-order valence-corrected chi connectivity index (χ0v) is 11.2. The first-order chi connectivity index (χ1) is 9.20. The van der Waals surface area contributed by atoms with Gasteiger partial charge in [0.1, 0.15) is 12.7 Å². The third kappa shape index (κ3) is 3.76. The molecule has 0 radical (unpaired) electrons. The lowest BCUT2D eigenvalue weighted by atomic mass is 10.0. The molecule has 1 aliphatic rings. The van der Waals surface area contributed by atoms with Gasteiger partial charge in [-0.25, -0.2) is 0 Å². The van der Waals surface area contributed by atoms with Crippen LogP contribution in [0.1, 0.15) is 18.9 Å². The summed E-state index contributed by atoms with van der Waals surface area (Å²) in [5, 5.41) is 14.0. The minimum atomic E-state index is -0.748. The van der Waals surface area contributed by atoms with E-state index in [0.29, 0.717) is 18.7 Å². The molecule has 1 heterocycles. The Morgan fingerprint density at radius 2 is 2.11 bits per heavy atom. The van der Waals surface area contributed by atoms with Crippen LogP contribution in [0.5, 0.6) is 0 Å². The normalized spacial score (nSPS) is 29.4. The highest BCUT2D eigenvalue weighted by molar-refractivity contribution is 5.89. The number of oxime groups is 1. The molecule has 0 spiro atoms. The second kappa shape index (κ2) is 6.65. The minimum absolute atomic E-state index is 0.349. The van der Waals surface area contributed by atoms with Crippen LogP contribution in [0.4, 0.5) is 0 Å². The van der Waals surface area contributed by atoms with E-state index >= 15 is 0 Å². The number of benzene rings is 1. The first-order valence-corrected chi connectivity index (χ1v) is 6.29. The SMILES string of the molecule is CO[C@@H]1C/C(=N\OCc2ccccc2)[C@@H](O)[C@H](C)O1. The van der Waals surface area contributed by atoms with E-state index in [1.54, 1.807) is 14.0 Å². The topological polar surface area (TPSA) is 60.3 Å². The molecule has 0 aromatic heterocycles. The molecule has 1 aromatic carbocycles. The third-order valence-corrected chi connectivity index (χ3v) is 3.05. The van der Waals surface area contributed by atoms with Crippen molar-refractivity contribution in [3.8, 4) is 0 Å². The molecular weight excluding hydrogens is 246 g/mol. The number of nitrogens with zero attached hydrogens (tertiary/aromatic N) is 1. The van der Waals surface area contributed by atoms with Crippen LogP contribution >= 0.6 is 0 Å². The molecule has 1 saturated heterocycles. The summed E-state index contributed by atoms with van der Waals surface area (Å²) in [4.78, 5) is 5.29. The molecule has 1 fully saturated rings. The predicted molar refractivity (Wildman–Crippen MR) is 70.6 cm³/mol. The second-order valence-electron chi connectivity index (χ2n) is 4.50. The summed E-state index contributed by atoms with van der Waals surface area (Å²) in [6.45, 7) is 2.16. The van der Waals surface area contributed by atoms with Gasteiger partial charge in [-0.2, -0.15) is 0 Å². The van der Waals surface area contributed by atoms with E-state index in [1.807, 2.05) is 30.3 Å². The Hall–Kier alpha value is -1.43. The van der Waals surface area contributed by atoms with Crippen LogP contribution in [0, 0.1) is 0 Å². The van der Waals surface area contributed by atoms with Gasteiger partial charge in [0.05, 0.1) is 11.8 Å². The maximum absolute atomic E-state index is 9.96. The molecular formula is C14H19NO4. The Bertz CT molecular complexity index is 421. The third-order valence-electron chi connectivity index (χ3n) is 3.05. The fraction of sp³-hybridized carbons (Fsp3) is 0.500. The highest BCUT2D eigenvalue weighted by Gasteiger charge is 2.32. The number of aliphatic hydroxyl groups excluding tert-OH is 1. The predicted octanol–water partition coefficient (Wildman–Crippen LogP) is 1.70. The number of ether oxygens (including phenoxy) is 2. The molecule has 1 N–H and O–H groups in total. The highest BCUT2D eigenvalue weighted by atomic mass is 16.7. The monoisotopic (exact) mass is 265 g/mol. The van der Waals surface area contributed by atoms with Gasteiger partial charge < -0.3 is 19.4 Å². The van der Waals surface area contributed by atoms with E-state index in [-0.39, 0.29) is 12.4 Å². The molecule has 2 rings (SSSR count). The van der Waals surface area contributed by atoms with Crippen LogP contribution in [0.3, 0.4) is 0 Å². The van der Waals surface area contributed by atoms with Crippen molar-refractivity contribution >= 4 is 5.71 Å². The van der Waals surface area contributed by atoms with Crippen LogP contribution in [-0.4, -0.2) is 36.4 Å². The van der Waals surface area contributed by atoms with E-state index in [9.17, 15) is 5.11 Å². The lowest BCUT2D eigenvalue weighted by Crippen LogP contribution is -2.44. The van der Waals surface area contributed by atoms with Gasteiger partial charge in [-0.15, -0.1) is 0 Å². The first-order valence-electron chi connectivity index (χ1n) is 6.29. The summed E-state index contributed by atoms with van der Waals surface area (Å²) in [6.07, 6.45) is -1.06. The van der Waals surface area contributed by atoms with E-state index in [2.05, 4.69) is 5.16 Å². The molecule has 0 saturated carbocycles. The van der Waals surface area contributed by atoms with Gasteiger partial charge in [-0.1, -0.05) is 35.5 Å². The minimum Gasteiger partial charge on any atom is -0.391 e. The maximum atomic E-state index is 9.96. The number of aliphatic hydroxyl groups is 1. The van der Waals surface area contributed by atoms with Crippen molar-refractivity contribution < 1.29 is 19.4 Å². The van der Waals surface area contributed by atoms with Crippen LogP contribution in [0.15, 0.2) is 35.5 Å². The number of methoxy groups -OCH3 is 1. The quantitative estimate of drug-likeness (QED) is 0.842. The zero-order valence-electron chi connectivity index (χ0n) is 11.2. The van der Waals surface area contributed by atoms with Gasteiger partial charge in [0.15, 0.2) is 6.29 Å². The van der Waals surface area contributed by atoms with Crippen molar-refractivity contribution in [1.29, 1.82) is 0 Å². The Morgan fingerprint density at radius 3 is 2.79 bits per heavy atom. The Kier molecular flexibility index (Phi) is 4.90. The summed E-state index contributed by atoms with van der Waals surface area (Å²) in [5.41, 5.74) is 1.59. The highest BCUT2D eigenvalue weighted by Crippen LogP contribution is 2.18. The van der Waals surface area contributed by atoms with Crippen molar-refractivity contribution in [2.24, 2.45) is 5.16 Å². The van der Waals surface area contributed by atoms with E-state index in [4.69, 9.17) is 14.3 Å². The Balaban J connectivity index is 1.93. The average Bonchev–Trinajstić information content (AvgIpc) is 2.44. The molecule has 5 nitrogen and oxygen atoms in total. The van der Waals surface area contributed by atoms with Crippen molar-refractivity contribution in [3.63, 3.8) is 0 Å². The summed E-state index contributed by atoms with van der Waals surface area (Å²) < 4.78 is 10.6. The van der Waals surface area contributed by atoms with Crippen LogP contribution in [0.25, 0.3) is 0 Å². The summed E-state index contributed by atoms with van der Waals surface area (Å²) >= 11 is 0. The molecule has 3 atom stereocenters. The average molecular weight is 265 g/mol. The lowest BCUT2D eigenvalue weighted by Gasteiger charge is -2.31. The van der Waals surface area contributed by atoms with Crippen molar-refractivity contribution in [2.45, 2.75) is 38.4 Å². The standard InChI is InChI=1S/C14H19NO4/c1-10-14(16)12(8-13(17-2)19-10)15-18-9-11-6-4-3-5-7-11/h3-7,10,13-14,16H,8-9H2,1-2H3/b15-12+/t10-,13-,14-/m0/s1. The summed E-state index contributed by atoms with van der Waals surface area (Å²) in [7, 11) is 1.57. The molecule has 104 valence electrons. The van der Waals surface area contributed by atoms with Crippen molar-refractivity contribution in [2.75, 3.05) is 7.11 Å². The van der Waals surface area contributed by atoms with E-state index in [0.717, 1.165) is 5.56 Å². The lowest BCUT2D eigenvalue weighted by molar-refractivity contribution is -0.175. The molecule has 19 heavy (non-hydrogen) atoms.